The molecular weight excluding hydrogens is 360 g/mol. The standard InChI is InChI=1S/C17H13BrN2O3/c18-13-6-7-16(22)20(9-13)10-15(21)17-19-14(11-23-17)8-12-4-2-1-3-5-12/h1-7,9,11H,8,10H2. The van der Waals surface area contributed by atoms with Crippen LogP contribution >= 0.6 is 15.9 Å². The van der Waals surface area contributed by atoms with E-state index in [2.05, 4.69) is 20.9 Å². The average molecular weight is 373 g/mol. The smallest absolute Gasteiger partial charge is 0.265 e. The number of pyridine rings is 1. The maximum absolute atomic E-state index is 12.2. The topological polar surface area (TPSA) is 65.1 Å². The third-order valence-electron chi connectivity index (χ3n) is 3.28. The Bertz CT molecular complexity index is 884. The van der Waals surface area contributed by atoms with Crippen molar-refractivity contribution < 1.29 is 9.21 Å². The molecule has 3 aromatic rings. The summed E-state index contributed by atoms with van der Waals surface area (Å²) < 4.78 is 7.29. The lowest BCUT2D eigenvalue weighted by Crippen LogP contribution is -2.23. The number of aromatic nitrogens is 2. The van der Waals surface area contributed by atoms with Crippen molar-refractivity contribution in [1.29, 1.82) is 0 Å². The zero-order chi connectivity index (χ0) is 16.2. The highest BCUT2D eigenvalue weighted by molar-refractivity contribution is 9.10. The zero-order valence-electron chi connectivity index (χ0n) is 12.1. The number of ketones is 1. The number of benzene rings is 1. The lowest BCUT2D eigenvalue weighted by molar-refractivity contribution is 0.0937. The molecule has 6 heteroatoms. The van der Waals surface area contributed by atoms with E-state index >= 15 is 0 Å². The van der Waals surface area contributed by atoms with Gasteiger partial charge in [-0.2, -0.15) is 0 Å². The fourth-order valence-electron chi connectivity index (χ4n) is 2.17. The number of nitrogens with zero attached hydrogens (tertiary/aromatic N) is 2. The Labute approximate surface area is 140 Å². The van der Waals surface area contributed by atoms with E-state index in [1.54, 1.807) is 12.3 Å². The van der Waals surface area contributed by atoms with Gasteiger partial charge in [0.05, 0.1) is 12.2 Å². The summed E-state index contributed by atoms with van der Waals surface area (Å²) in [4.78, 5) is 28.1. The van der Waals surface area contributed by atoms with Gasteiger partial charge in [0.1, 0.15) is 6.26 Å². The second-order valence-electron chi connectivity index (χ2n) is 5.04. The third-order valence-corrected chi connectivity index (χ3v) is 3.75. The molecule has 1 aromatic carbocycles. The number of hydrogen-bond donors (Lipinski definition) is 0. The molecule has 0 amide bonds. The Morgan fingerprint density at radius 2 is 1.96 bits per heavy atom. The number of Topliss-reactive ketones (excluding diaryl/α,β-unsaturated/α-hetero) is 1. The predicted octanol–water partition coefficient (Wildman–Crippen LogP) is 3.07. The molecule has 3 rings (SSSR count). The second kappa shape index (κ2) is 6.75. The fraction of sp³-hybridized carbons (Fsp3) is 0.118. The molecule has 0 saturated carbocycles. The van der Waals surface area contributed by atoms with Gasteiger partial charge in [0.15, 0.2) is 0 Å². The second-order valence-corrected chi connectivity index (χ2v) is 5.96. The molecule has 0 spiro atoms. The quantitative estimate of drug-likeness (QED) is 0.645. The van der Waals surface area contributed by atoms with Crippen molar-refractivity contribution in [2.45, 2.75) is 13.0 Å². The fourth-order valence-corrected chi connectivity index (χ4v) is 2.55. The normalized spacial score (nSPS) is 10.7. The zero-order valence-corrected chi connectivity index (χ0v) is 13.7. The maximum atomic E-state index is 12.2. The van der Waals surface area contributed by atoms with Crippen LogP contribution in [0.15, 0.2) is 68.6 Å². The first-order valence-electron chi connectivity index (χ1n) is 6.99. The molecule has 23 heavy (non-hydrogen) atoms. The van der Waals surface area contributed by atoms with Crippen LogP contribution in [0.3, 0.4) is 0 Å². The number of oxazole rings is 1. The van der Waals surface area contributed by atoms with Gasteiger partial charge in [0.25, 0.3) is 11.4 Å². The van der Waals surface area contributed by atoms with Crippen molar-refractivity contribution in [2.24, 2.45) is 0 Å². The molecule has 0 radical (unpaired) electrons. The highest BCUT2D eigenvalue weighted by atomic mass is 79.9. The Kier molecular flexibility index (Phi) is 4.52. The first-order chi connectivity index (χ1) is 11.1. The van der Waals surface area contributed by atoms with E-state index < -0.39 is 0 Å². The molecule has 5 nitrogen and oxygen atoms in total. The van der Waals surface area contributed by atoms with Gasteiger partial charge < -0.3 is 8.98 Å². The van der Waals surface area contributed by atoms with Gasteiger partial charge in [-0.15, -0.1) is 0 Å². The molecule has 2 aromatic heterocycles. The van der Waals surface area contributed by atoms with E-state index in [4.69, 9.17) is 4.42 Å². The maximum Gasteiger partial charge on any atom is 0.265 e. The molecule has 0 N–H and O–H groups in total. The third kappa shape index (κ3) is 3.84. The minimum absolute atomic E-state index is 0.0165. The van der Waals surface area contributed by atoms with Crippen molar-refractivity contribution in [3.05, 3.63) is 86.9 Å². The summed E-state index contributed by atoms with van der Waals surface area (Å²) in [7, 11) is 0. The SMILES string of the molecule is O=C(Cn1cc(Br)ccc1=O)c1nc(Cc2ccccc2)co1. The van der Waals surface area contributed by atoms with Gasteiger partial charge >= 0.3 is 0 Å². The van der Waals surface area contributed by atoms with Crippen LogP contribution in [0.1, 0.15) is 21.9 Å². The highest BCUT2D eigenvalue weighted by Gasteiger charge is 2.15. The number of carbonyl (C=O) groups is 1. The van der Waals surface area contributed by atoms with Gasteiger partial charge in [0, 0.05) is 23.2 Å². The molecule has 2 heterocycles. The highest BCUT2D eigenvalue weighted by Crippen LogP contribution is 2.11. The lowest BCUT2D eigenvalue weighted by atomic mass is 10.1. The summed E-state index contributed by atoms with van der Waals surface area (Å²) in [6, 6.07) is 12.8. The van der Waals surface area contributed by atoms with Crippen molar-refractivity contribution in [3.8, 4) is 0 Å². The summed E-state index contributed by atoms with van der Waals surface area (Å²) in [6.45, 7) is -0.108. The first kappa shape index (κ1) is 15.4. The summed E-state index contributed by atoms with van der Waals surface area (Å²) in [6.07, 6.45) is 3.63. The van der Waals surface area contributed by atoms with E-state index in [1.165, 1.54) is 16.9 Å². The van der Waals surface area contributed by atoms with Crippen LogP contribution in [-0.2, 0) is 13.0 Å². The van der Waals surface area contributed by atoms with Gasteiger partial charge in [-0.1, -0.05) is 30.3 Å². The number of carbonyl (C=O) groups excluding carboxylic acids is 1. The van der Waals surface area contributed by atoms with Crippen LogP contribution in [0.5, 0.6) is 0 Å². The summed E-state index contributed by atoms with van der Waals surface area (Å²) in [5, 5.41) is 0. The van der Waals surface area contributed by atoms with Gasteiger partial charge in [0.2, 0.25) is 5.78 Å². The minimum atomic E-state index is -0.343. The predicted molar refractivity (Wildman–Crippen MR) is 88.5 cm³/mol. The molecule has 0 unspecified atom stereocenters. The molecule has 0 saturated heterocycles. The molecule has 116 valence electrons. The van der Waals surface area contributed by atoms with Gasteiger partial charge in [-0.25, -0.2) is 4.98 Å². The van der Waals surface area contributed by atoms with Crippen molar-refractivity contribution >= 4 is 21.7 Å². The molecule has 0 aliphatic carbocycles. The van der Waals surface area contributed by atoms with E-state index in [0.717, 1.165) is 10.0 Å². The van der Waals surface area contributed by atoms with E-state index in [-0.39, 0.29) is 23.8 Å². The van der Waals surface area contributed by atoms with Gasteiger partial charge in [-0.3, -0.25) is 9.59 Å². The number of rotatable bonds is 5. The Balaban J connectivity index is 1.73. The number of hydrogen-bond acceptors (Lipinski definition) is 4. The average Bonchev–Trinajstić information content (AvgIpc) is 3.00. The van der Waals surface area contributed by atoms with Crippen LogP contribution in [0.2, 0.25) is 0 Å². The summed E-state index contributed by atoms with van der Waals surface area (Å²) in [5.41, 5.74) is 1.52. The van der Waals surface area contributed by atoms with Crippen LogP contribution in [-0.4, -0.2) is 15.3 Å². The lowest BCUT2D eigenvalue weighted by Gasteiger charge is -2.02. The van der Waals surface area contributed by atoms with Crippen molar-refractivity contribution in [1.82, 2.24) is 9.55 Å². The molecule has 0 bridgehead atoms. The van der Waals surface area contributed by atoms with Crippen LogP contribution in [0.25, 0.3) is 0 Å². The monoisotopic (exact) mass is 372 g/mol. The minimum Gasteiger partial charge on any atom is -0.442 e. The summed E-state index contributed by atoms with van der Waals surface area (Å²) >= 11 is 3.27. The number of halogens is 1. The molecule has 0 aliphatic rings. The van der Waals surface area contributed by atoms with E-state index in [0.29, 0.717) is 12.1 Å². The van der Waals surface area contributed by atoms with E-state index in [1.807, 2.05) is 30.3 Å². The summed E-state index contributed by atoms with van der Waals surface area (Å²) in [5.74, 6) is -0.327. The molecule has 0 fully saturated rings. The van der Waals surface area contributed by atoms with Crippen molar-refractivity contribution in [3.63, 3.8) is 0 Å². The van der Waals surface area contributed by atoms with Crippen LogP contribution in [0.4, 0.5) is 0 Å². The Morgan fingerprint density at radius 1 is 1.17 bits per heavy atom. The van der Waals surface area contributed by atoms with E-state index in [9.17, 15) is 9.59 Å². The first-order valence-corrected chi connectivity index (χ1v) is 7.78. The Hall–Kier alpha value is -2.47. The van der Waals surface area contributed by atoms with Crippen LogP contribution in [0, 0.1) is 0 Å². The molecule has 0 atom stereocenters. The molecular formula is C17H13BrN2O3. The largest absolute Gasteiger partial charge is 0.442 e. The van der Waals surface area contributed by atoms with Crippen LogP contribution < -0.4 is 5.56 Å². The van der Waals surface area contributed by atoms with Gasteiger partial charge in [-0.05, 0) is 27.6 Å². The molecule has 0 aliphatic heterocycles. The van der Waals surface area contributed by atoms with Crippen molar-refractivity contribution in [2.75, 3.05) is 0 Å². The Morgan fingerprint density at radius 3 is 2.74 bits per heavy atom.